The van der Waals surface area contributed by atoms with E-state index in [0.29, 0.717) is 19.5 Å². The predicted molar refractivity (Wildman–Crippen MR) is 66.4 cm³/mol. The van der Waals surface area contributed by atoms with Gasteiger partial charge in [0.15, 0.2) is 0 Å². The first kappa shape index (κ1) is 14.5. The molecule has 0 aliphatic carbocycles. The van der Waals surface area contributed by atoms with Crippen LogP contribution in [0.2, 0.25) is 0 Å². The number of carbonyl (C=O) groups is 2. The van der Waals surface area contributed by atoms with E-state index < -0.39 is 5.97 Å². The highest BCUT2D eigenvalue weighted by Gasteiger charge is 2.21. The lowest BCUT2D eigenvalue weighted by molar-refractivity contribution is -0.137. The van der Waals surface area contributed by atoms with Gasteiger partial charge in [-0.05, 0) is 13.0 Å². The first-order chi connectivity index (χ1) is 8.63. The molecular weight excluding hydrogens is 236 g/mol. The lowest BCUT2D eigenvalue weighted by Crippen LogP contribution is -2.49. The number of carbonyl (C=O) groups excluding carboxylic acids is 1. The van der Waals surface area contributed by atoms with E-state index in [1.165, 1.54) is 0 Å². The van der Waals surface area contributed by atoms with Crippen molar-refractivity contribution in [3.05, 3.63) is 12.7 Å². The molecule has 1 fully saturated rings. The number of nitrogens with zero attached hydrogens (tertiary/aromatic N) is 2. The average Bonchev–Trinajstić information content (AvgIpc) is 2.36. The summed E-state index contributed by atoms with van der Waals surface area (Å²) in [6, 6.07) is 0. The Morgan fingerprint density at radius 3 is 2.50 bits per heavy atom. The van der Waals surface area contributed by atoms with Gasteiger partial charge in [0.25, 0.3) is 0 Å². The molecule has 0 saturated carbocycles. The molecule has 18 heavy (non-hydrogen) atoms. The summed E-state index contributed by atoms with van der Waals surface area (Å²) in [6.07, 6.45) is 2.08. The lowest BCUT2D eigenvalue weighted by atomic mass is 10.2. The second-order valence-corrected chi connectivity index (χ2v) is 4.19. The number of piperazine rings is 1. The van der Waals surface area contributed by atoms with Crippen molar-refractivity contribution in [2.45, 2.75) is 12.8 Å². The normalized spacial score (nSPS) is 16.3. The molecule has 1 N–H and O–H groups in total. The van der Waals surface area contributed by atoms with Gasteiger partial charge in [-0.2, -0.15) is 0 Å². The van der Waals surface area contributed by atoms with E-state index in [1.807, 2.05) is 0 Å². The molecule has 0 unspecified atom stereocenters. The monoisotopic (exact) mass is 256 g/mol. The summed E-state index contributed by atoms with van der Waals surface area (Å²) in [5.41, 5.74) is 0. The van der Waals surface area contributed by atoms with Gasteiger partial charge in [-0.15, -0.1) is 0 Å². The Hall–Kier alpha value is -1.56. The maximum atomic E-state index is 11.5. The van der Waals surface area contributed by atoms with Crippen LogP contribution < -0.4 is 0 Å². The molecule has 6 heteroatoms. The number of carboxylic acids is 1. The van der Waals surface area contributed by atoms with E-state index in [1.54, 1.807) is 11.0 Å². The first-order valence-corrected chi connectivity index (χ1v) is 6.10. The molecule has 0 spiro atoms. The fourth-order valence-corrected chi connectivity index (χ4v) is 1.83. The average molecular weight is 256 g/mol. The summed E-state index contributed by atoms with van der Waals surface area (Å²) in [6.45, 7) is 7.27. The fourth-order valence-electron chi connectivity index (χ4n) is 1.83. The Morgan fingerprint density at radius 2 is 1.94 bits per heavy atom. The highest BCUT2D eigenvalue weighted by molar-refractivity contribution is 5.68. The molecule has 0 radical (unpaired) electrons. The van der Waals surface area contributed by atoms with Crippen LogP contribution in [0.4, 0.5) is 4.79 Å². The molecule has 1 heterocycles. The van der Waals surface area contributed by atoms with Gasteiger partial charge in [-0.1, -0.05) is 12.7 Å². The van der Waals surface area contributed by atoms with E-state index >= 15 is 0 Å². The molecule has 0 aromatic carbocycles. The van der Waals surface area contributed by atoms with E-state index in [0.717, 1.165) is 19.6 Å². The van der Waals surface area contributed by atoms with Crippen molar-refractivity contribution in [2.75, 3.05) is 39.3 Å². The van der Waals surface area contributed by atoms with Gasteiger partial charge in [0.1, 0.15) is 6.61 Å². The predicted octanol–water partition coefficient (Wildman–Crippen LogP) is 0.791. The molecule has 1 rings (SSSR count). The van der Waals surface area contributed by atoms with Crippen LogP contribution in [0, 0.1) is 0 Å². The maximum Gasteiger partial charge on any atom is 0.410 e. The Kier molecular flexibility index (Phi) is 6.21. The Morgan fingerprint density at radius 1 is 1.28 bits per heavy atom. The molecule has 102 valence electrons. The van der Waals surface area contributed by atoms with Crippen LogP contribution in [-0.2, 0) is 9.53 Å². The zero-order valence-electron chi connectivity index (χ0n) is 10.5. The fraction of sp³-hybridized carbons (Fsp3) is 0.667. The largest absolute Gasteiger partial charge is 0.481 e. The lowest BCUT2D eigenvalue weighted by Gasteiger charge is -2.33. The molecule has 1 saturated heterocycles. The Balaban J connectivity index is 2.17. The van der Waals surface area contributed by atoms with Crippen molar-refractivity contribution < 1.29 is 19.4 Å². The molecule has 1 amide bonds. The molecule has 0 bridgehead atoms. The number of aliphatic carboxylic acids is 1. The van der Waals surface area contributed by atoms with Gasteiger partial charge < -0.3 is 14.7 Å². The van der Waals surface area contributed by atoms with Crippen LogP contribution >= 0.6 is 0 Å². The van der Waals surface area contributed by atoms with Crippen LogP contribution in [0.25, 0.3) is 0 Å². The molecule has 0 aromatic rings. The van der Waals surface area contributed by atoms with Gasteiger partial charge in [0, 0.05) is 32.6 Å². The van der Waals surface area contributed by atoms with Crippen molar-refractivity contribution in [2.24, 2.45) is 0 Å². The van der Waals surface area contributed by atoms with Crippen LogP contribution in [0.5, 0.6) is 0 Å². The van der Waals surface area contributed by atoms with E-state index in [4.69, 9.17) is 9.84 Å². The van der Waals surface area contributed by atoms with Gasteiger partial charge in [-0.25, -0.2) is 4.79 Å². The second-order valence-electron chi connectivity index (χ2n) is 4.19. The number of ether oxygens (including phenoxy) is 1. The Labute approximate surface area is 107 Å². The van der Waals surface area contributed by atoms with E-state index in [2.05, 4.69) is 11.5 Å². The number of amides is 1. The number of hydrogen-bond acceptors (Lipinski definition) is 4. The third kappa shape index (κ3) is 5.18. The summed E-state index contributed by atoms with van der Waals surface area (Å²) in [5.74, 6) is -0.762. The van der Waals surface area contributed by atoms with E-state index in [-0.39, 0.29) is 19.1 Å². The first-order valence-electron chi connectivity index (χ1n) is 6.10. The smallest absolute Gasteiger partial charge is 0.410 e. The molecule has 1 aliphatic heterocycles. The van der Waals surface area contributed by atoms with Crippen LogP contribution in [-0.4, -0.2) is 66.3 Å². The van der Waals surface area contributed by atoms with Crippen molar-refractivity contribution in [3.8, 4) is 0 Å². The quantitative estimate of drug-likeness (QED) is 0.711. The topological polar surface area (TPSA) is 70.1 Å². The minimum atomic E-state index is -0.762. The van der Waals surface area contributed by atoms with Crippen LogP contribution in [0.15, 0.2) is 12.7 Å². The number of carboxylic acid groups (broad SMARTS) is 1. The third-order valence-electron chi connectivity index (χ3n) is 2.82. The summed E-state index contributed by atoms with van der Waals surface area (Å²) < 4.78 is 4.95. The molecule has 0 atom stereocenters. The minimum Gasteiger partial charge on any atom is -0.481 e. The van der Waals surface area contributed by atoms with Crippen molar-refractivity contribution in [1.82, 2.24) is 9.80 Å². The number of rotatable bonds is 6. The summed E-state index contributed by atoms with van der Waals surface area (Å²) in [4.78, 5) is 25.7. The maximum absolute atomic E-state index is 11.5. The van der Waals surface area contributed by atoms with Crippen LogP contribution in [0.3, 0.4) is 0 Å². The van der Waals surface area contributed by atoms with E-state index in [9.17, 15) is 9.59 Å². The molecule has 1 aliphatic rings. The molecular formula is C12H20N2O4. The zero-order valence-corrected chi connectivity index (χ0v) is 10.5. The van der Waals surface area contributed by atoms with Crippen molar-refractivity contribution in [3.63, 3.8) is 0 Å². The van der Waals surface area contributed by atoms with Gasteiger partial charge in [0.05, 0.1) is 0 Å². The van der Waals surface area contributed by atoms with Gasteiger partial charge in [-0.3, -0.25) is 9.69 Å². The standard InChI is InChI=1S/C12H20N2O4/c1-2-10-18-12(17)14-8-6-13(7-9-14)5-3-4-11(15)16/h2H,1,3-10H2,(H,15,16). The number of hydrogen-bond donors (Lipinski definition) is 1. The second kappa shape index (κ2) is 7.71. The molecule has 0 aromatic heterocycles. The summed E-state index contributed by atoms with van der Waals surface area (Å²) in [5, 5.41) is 8.54. The minimum absolute atomic E-state index is 0.196. The highest BCUT2D eigenvalue weighted by Crippen LogP contribution is 2.05. The third-order valence-corrected chi connectivity index (χ3v) is 2.82. The Bertz CT molecular complexity index is 298. The SMILES string of the molecule is C=CCOC(=O)N1CCN(CCCC(=O)O)CC1. The van der Waals surface area contributed by atoms with Crippen molar-refractivity contribution in [1.29, 1.82) is 0 Å². The van der Waals surface area contributed by atoms with Gasteiger partial charge in [0.2, 0.25) is 0 Å². The zero-order chi connectivity index (χ0) is 13.4. The molecule has 6 nitrogen and oxygen atoms in total. The highest BCUT2D eigenvalue weighted by atomic mass is 16.6. The van der Waals surface area contributed by atoms with Crippen molar-refractivity contribution >= 4 is 12.1 Å². The summed E-state index contributed by atoms with van der Waals surface area (Å²) >= 11 is 0. The van der Waals surface area contributed by atoms with Gasteiger partial charge >= 0.3 is 12.1 Å². The van der Waals surface area contributed by atoms with Crippen LogP contribution in [0.1, 0.15) is 12.8 Å². The summed E-state index contributed by atoms with van der Waals surface area (Å²) in [7, 11) is 0.